The number of ether oxygens (including phenoxy) is 2. The van der Waals surface area contributed by atoms with Gasteiger partial charge in [-0.05, 0) is 61.4 Å². The smallest absolute Gasteiger partial charge is 0.227 e. The molecule has 2 N–H and O–H groups in total. The van der Waals surface area contributed by atoms with E-state index in [1.807, 2.05) is 48.5 Å². The second kappa shape index (κ2) is 9.86. The summed E-state index contributed by atoms with van der Waals surface area (Å²) < 4.78 is 10.8. The van der Waals surface area contributed by atoms with Gasteiger partial charge in [-0.2, -0.15) is 0 Å². The minimum absolute atomic E-state index is 0.156. The van der Waals surface area contributed by atoms with Crippen LogP contribution in [0.5, 0.6) is 11.5 Å². The van der Waals surface area contributed by atoms with Gasteiger partial charge in [0.05, 0.1) is 7.11 Å². The molecule has 0 atom stereocenters. The first-order valence-corrected chi connectivity index (χ1v) is 9.66. The Morgan fingerprint density at radius 1 is 0.926 bits per heavy atom. The molecule has 1 aliphatic rings. The van der Waals surface area contributed by atoms with E-state index < -0.39 is 0 Å². The molecule has 3 rings (SSSR count). The number of hydrogen-bond acceptors (Lipinski definition) is 4. The van der Waals surface area contributed by atoms with E-state index in [0.29, 0.717) is 13.2 Å². The molecule has 1 aliphatic carbocycles. The fraction of sp³-hybridized carbons (Fsp3) is 0.409. The van der Waals surface area contributed by atoms with Crippen molar-refractivity contribution in [1.29, 1.82) is 0 Å². The van der Waals surface area contributed by atoms with Crippen LogP contribution in [0.25, 0.3) is 0 Å². The Morgan fingerprint density at radius 2 is 1.56 bits per heavy atom. The Hall–Kier alpha value is -2.69. The van der Waals surface area contributed by atoms with Crippen LogP contribution >= 0.6 is 0 Å². The third-order valence-electron chi connectivity index (χ3n) is 4.89. The molecule has 0 heterocycles. The van der Waals surface area contributed by atoms with E-state index in [9.17, 15) is 4.79 Å². The van der Waals surface area contributed by atoms with Crippen LogP contribution in [0.1, 0.15) is 32.1 Å². The molecule has 0 bridgehead atoms. The highest BCUT2D eigenvalue weighted by molar-refractivity contribution is 5.92. The van der Waals surface area contributed by atoms with Crippen LogP contribution in [0.2, 0.25) is 0 Å². The fourth-order valence-corrected chi connectivity index (χ4v) is 3.32. The molecule has 5 nitrogen and oxygen atoms in total. The third-order valence-corrected chi connectivity index (χ3v) is 4.89. The number of anilines is 2. The molecule has 0 aliphatic heterocycles. The molecular formula is C22H28N2O3. The number of rotatable bonds is 8. The molecule has 1 saturated carbocycles. The summed E-state index contributed by atoms with van der Waals surface area (Å²) in [4.78, 5) is 12.3. The van der Waals surface area contributed by atoms with E-state index in [2.05, 4.69) is 10.6 Å². The third kappa shape index (κ3) is 5.91. The van der Waals surface area contributed by atoms with E-state index in [1.165, 1.54) is 19.3 Å². The minimum atomic E-state index is 0.156. The van der Waals surface area contributed by atoms with Crippen LogP contribution in [0, 0.1) is 5.92 Å². The first-order valence-electron chi connectivity index (χ1n) is 9.66. The molecule has 0 unspecified atom stereocenters. The Kier molecular flexibility index (Phi) is 6.97. The number of amides is 1. The van der Waals surface area contributed by atoms with E-state index in [4.69, 9.17) is 9.47 Å². The van der Waals surface area contributed by atoms with Crippen molar-refractivity contribution in [3.8, 4) is 11.5 Å². The number of nitrogens with one attached hydrogen (secondary N) is 2. The topological polar surface area (TPSA) is 59.6 Å². The quantitative estimate of drug-likeness (QED) is 0.663. The zero-order chi connectivity index (χ0) is 18.9. The lowest BCUT2D eigenvalue weighted by molar-refractivity contribution is -0.120. The largest absolute Gasteiger partial charge is 0.497 e. The molecule has 2 aromatic rings. The maximum Gasteiger partial charge on any atom is 0.227 e. The van der Waals surface area contributed by atoms with Crippen molar-refractivity contribution in [3.63, 3.8) is 0 Å². The normalized spacial score (nSPS) is 14.4. The fourth-order valence-electron chi connectivity index (χ4n) is 3.32. The molecule has 0 saturated heterocycles. The first kappa shape index (κ1) is 19.1. The van der Waals surface area contributed by atoms with Crippen molar-refractivity contribution < 1.29 is 14.3 Å². The van der Waals surface area contributed by atoms with Gasteiger partial charge < -0.3 is 20.1 Å². The van der Waals surface area contributed by atoms with Gasteiger partial charge in [-0.15, -0.1) is 0 Å². The zero-order valence-electron chi connectivity index (χ0n) is 15.9. The molecule has 0 spiro atoms. The van der Waals surface area contributed by atoms with E-state index in [-0.39, 0.29) is 11.8 Å². The Bertz CT molecular complexity index is 707. The highest BCUT2D eigenvalue weighted by atomic mass is 16.5. The number of carbonyl (C=O) groups is 1. The van der Waals surface area contributed by atoms with Gasteiger partial charge in [-0.1, -0.05) is 19.3 Å². The number of carbonyl (C=O) groups excluding carboxylic acids is 1. The van der Waals surface area contributed by atoms with Gasteiger partial charge in [0.25, 0.3) is 0 Å². The summed E-state index contributed by atoms with van der Waals surface area (Å²) in [6.45, 7) is 1.26. The summed E-state index contributed by atoms with van der Waals surface area (Å²) in [5.41, 5.74) is 1.86. The van der Waals surface area contributed by atoms with Gasteiger partial charge in [0.2, 0.25) is 5.91 Å². The molecule has 2 aromatic carbocycles. The average molecular weight is 368 g/mol. The first-order chi connectivity index (χ1) is 13.2. The van der Waals surface area contributed by atoms with Crippen LogP contribution in [0.4, 0.5) is 11.4 Å². The summed E-state index contributed by atoms with van der Waals surface area (Å²) in [7, 11) is 1.65. The number of benzene rings is 2. The summed E-state index contributed by atoms with van der Waals surface area (Å²) >= 11 is 0. The van der Waals surface area contributed by atoms with E-state index in [0.717, 1.165) is 35.7 Å². The molecule has 1 amide bonds. The van der Waals surface area contributed by atoms with Crippen LogP contribution in [0.15, 0.2) is 48.5 Å². The van der Waals surface area contributed by atoms with Crippen molar-refractivity contribution in [2.24, 2.45) is 5.92 Å². The minimum Gasteiger partial charge on any atom is -0.497 e. The van der Waals surface area contributed by atoms with Crippen molar-refractivity contribution >= 4 is 17.3 Å². The molecule has 0 aromatic heterocycles. The van der Waals surface area contributed by atoms with Crippen LogP contribution < -0.4 is 20.1 Å². The van der Waals surface area contributed by atoms with Crippen molar-refractivity contribution in [1.82, 2.24) is 0 Å². The molecule has 0 radical (unpaired) electrons. The van der Waals surface area contributed by atoms with E-state index in [1.54, 1.807) is 7.11 Å². The predicted octanol–water partition coefficient (Wildman–Crippen LogP) is 4.70. The van der Waals surface area contributed by atoms with Gasteiger partial charge >= 0.3 is 0 Å². The molecule has 144 valence electrons. The monoisotopic (exact) mass is 368 g/mol. The van der Waals surface area contributed by atoms with Gasteiger partial charge in [0.1, 0.15) is 18.1 Å². The molecule has 5 heteroatoms. The van der Waals surface area contributed by atoms with Crippen LogP contribution in [0.3, 0.4) is 0 Å². The van der Waals surface area contributed by atoms with Crippen LogP contribution in [-0.2, 0) is 4.79 Å². The van der Waals surface area contributed by atoms with Gasteiger partial charge in [0, 0.05) is 23.8 Å². The Balaban J connectivity index is 1.38. The van der Waals surface area contributed by atoms with Gasteiger partial charge in [-0.3, -0.25) is 4.79 Å². The number of methoxy groups -OCH3 is 1. The summed E-state index contributed by atoms with van der Waals surface area (Å²) in [5, 5.41) is 6.35. The summed E-state index contributed by atoms with van der Waals surface area (Å²) in [6, 6.07) is 15.4. The van der Waals surface area contributed by atoms with Crippen molar-refractivity contribution in [2.75, 3.05) is 30.9 Å². The predicted molar refractivity (Wildman–Crippen MR) is 109 cm³/mol. The zero-order valence-corrected chi connectivity index (χ0v) is 15.9. The average Bonchev–Trinajstić information content (AvgIpc) is 2.73. The maximum atomic E-state index is 12.3. The lowest BCUT2D eigenvalue weighted by Crippen LogP contribution is -2.24. The van der Waals surface area contributed by atoms with Crippen LogP contribution in [-0.4, -0.2) is 26.2 Å². The van der Waals surface area contributed by atoms with E-state index >= 15 is 0 Å². The highest BCUT2D eigenvalue weighted by Gasteiger charge is 2.20. The SMILES string of the molecule is COc1ccc(OCCNc2ccc(NC(=O)C3CCCCC3)cc2)cc1. The standard InChI is InChI=1S/C22H28N2O3/c1-26-20-11-13-21(14-12-20)27-16-15-23-18-7-9-19(10-8-18)24-22(25)17-5-3-2-4-6-17/h7-14,17,23H,2-6,15-16H2,1H3,(H,24,25). The summed E-state index contributed by atoms with van der Waals surface area (Å²) in [6.07, 6.45) is 5.62. The summed E-state index contributed by atoms with van der Waals surface area (Å²) in [5.74, 6) is 1.96. The lowest BCUT2D eigenvalue weighted by Gasteiger charge is -2.20. The van der Waals surface area contributed by atoms with Gasteiger partial charge in [0.15, 0.2) is 0 Å². The molecule has 1 fully saturated rings. The highest BCUT2D eigenvalue weighted by Crippen LogP contribution is 2.25. The Labute approximate surface area is 161 Å². The van der Waals surface area contributed by atoms with Crippen molar-refractivity contribution in [2.45, 2.75) is 32.1 Å². The molecular weight excluding hydrogens is 340 g/mol. The van der Waals surface area contributed by atoms with Crippen molar-refractivity contribution in [3.05, 3.63) is 48.5 Å². The number of hydrogen-bond donors (Lipinski definition) is 2. The lowest BCUT2D eigenvalue weighted by atomic mass is 9.88. The second-order valence-corrected chi connectivity index (χ2v) is 6.85. The maximum absolute atomic E-state index is 12.3. The van der Waals surface area contributed by atoms with Gasteiger partial charge in [-0.25, -0.2) is 0 Å². The Morgan fingerprint density at radius 3 is 2.22 bits per heavy atom. The second-order valence-electron chi connectivity index (χ2n) is 6.85. The molecule has 27 heavy (non-hydrogen) atoms.